The molecular weight excluding hydrogens is 226 g/mol. The van der Waals surface area contributed by atoms with E-state index in [-0.39, 0.29) is 0 Å². The molecule has 0 saturated heterocycles. The first-order valence-electron chi connectivity index (χ1n) is 6.34. The Balaban J connectivity index is 1.92. The fraction of sp³-hybridized carbons (Fsp3) is 0.462. The lowest BCUT2D eigenvalue weighted by Crippen LogP contribution is -2.11. The van der Waals surface area contributed by atoms with Crippen molar-refractivity contribution >= 4 is 5.69 Å². The SMILES string of the molecule is CCCC(C)CNc1ccc(-n2cncn2)nc1. The van der Waals surface area contributed by atoms with Crippen LogP contribution in [0, 0.1) is 5.92 Å². The average Bonchev–Trinajstić information content (AvgIpc) is 2.91. The normalized spacial score (nSPS) is 12.3. The number of nitrogens with one attached hydrogen (secondary N) is 1. The predicted molar refractivity (Wildman–Crippen MR) is 71.7 cm³/mol. The van der Waals surface area contributed by atoms with Crippen molar-refractivity contribution in [2.75, 3.05) is 11.9 Å². The highest BCUT2D eigenvalue weighted by atomic mass is 15.3. The van der Waals surface area contributed by atoms with Gasteiger partial charge in [-0.15, -0.1) is 0 Å². The van der Waals surface area contributed by atoms with Crippen LogP contribution in [0.5, 0.6) is 0 Å². The summed E-state index contributed by atoms with van der Waals surface area (Å²) in [5.41, 5.74) is 1.04. The van der Waals surface area contributed by atoms with Gasteiger partial charge < -0.3 is 5.32 Å². The van der Waals surface area contributed by atoms with Crippen LogP contribution >= 0.6 is 0 Å². The van der Waals surface area contributed by atoms with E-state index >= 15 is 0 Å². The molecule has 0 aliphatic heterocycles. The Bertz CT molecular complexity index is 449. The van der Waals surface area contributed by atoms with E-state index in [2.05, 4.69) is 34.2 Å². The molecule has 1 N–H and O–H groups in total. The first kappa shape index (κ1) is 12.5. The van der Waals surface area contributed by atoms with E-state index in [1.807, 2.05) is 18.3 Å². The summed E-state index contributed by atoms with van der Waals surface area (Å²) in [6.07, 6.45) is 7.44. The molecule has 2 heterocycles. The number of pyridine rings is 1. The van der Waals surface area contributed by atoms with E-state index in [0.717, 1.165) is 18.1 Å². The van der Waals surface area contributed by atoms with Crippen LogP contribution < -0.4 is 5.32 Å². The molecular formula is C13H19N5. The van der Waals surface area contributed by atoms with Gasteiger partial charge in [-0.1, -0.05) is 20.3 Å². The van der Waals surface area contributed by atoms with Gasteiger partial charge in [-0.2, -0.15) is 5.10 Å². The highest BCUT2D eigenvalue weighted by Crippen LogP contribution is 2.11. The number of hydrogen-bond donors (Lipinski definition) is 1. The number of rotatable bonds is 6. The monoisotopic (exact) mass is 245 g/mol. The Morgan fingerprint density at radius 1 is 1.39 bits per heavy atom. The average molecular weight is 245 g/mol. The molecule has 0 aromatic carbocycles. The third-order valence-corrected chi connectivity index (χ3v) is 2.84. The second-order valence-corrected chi connectivity index (χ2v) is 4.52. The van der Waals surface area contributed by atoms with Gasteiger partial charge in [-0.25, -0.2) is 14.6 Å². The summed E-state index contributed by atoms with van der Waals surface area (Å²) in [5.74, 6) is 1.46. The summed E-state index contributed by atoms with van der Waals surface area (Å²) in [5, 5.41) is 7.43. The summed E-state index contributed by atoms with van der Waals surface area (Å²) in [4.78, 5) is 8.24. The van der Waals surface area contributed by atoms with Crippen molar-refractivity contribution in [2.45, 2.75) is 26.7 Å². The van der Waals surface area contributed by atoms with E-state index in [0.29, 0.717) is 5.92 Å². The zero-order valence-electron chi connectivity index (χ0n) is 10.9. The van der Waals surface area contributed by atoms with Crippen LogP contribution in [0.3, 0.4) is 0 Å². The van der Waals surface area contributed by atoms with Crippen molar-refractivity contribution in [3.8, 4) is 5.82 Å². The zero-order chi connectivity index (χ0) is 12.8. The highest BCUT2D eigenvalue weighted by molar-refractivity contribution is 5.43. The minimum absolute atomic E-state index is 0.685. The van der Waals surface area contributed by atoms with Crippen molar-refractivity contribution in [1.29, 1.82) is 0 Å². The van der Waals surface area contributed by atoms with Gasteiger partial charge in [-0.05, 0) is 24.5 Å². The van der Waals surface area contributed by atoms with Gasteiger partial charge in [0.05, 0.1) is 11.9 Å². The Kier molecular flexibility index (Phi) is 4.28. The smallest absolute Gasteiger partial charge is 0.155 e. The Morgan fingerprint density at radius 3 is 2.89 bits per heavy atom. The molecule has 0 amide bonds. The van der Waals surface area contributed by atoms with Crippen LogP contribution in [0.1, 0.15) is 26.7 Å². The Morgan fingerprint density at radius 2 is 2.28 bits per heavy atom. The summed E-state index contributed by atoms with van der Waals surface area (Å²) in [7, 11) is 0. The molecule has 2 aromatic rings. The van der Waals surface area contributed by atoms with Crippen LogP contribution in [0.4, 0.5) is 5.69 Å². The summed E-state index contributed by atoms with van der Waals surface area (Å²) in [6, 6.07) is 3.95. The first-order valence-corrected chi connectivity index (χ1v) is 6.34. The minimum atomic E-state index is 0.685. The maximum absolute atomic E-state index is 4.34. The summed E-state index contributed by atoms with van der Waals surface area (Å²) >= 11 is 0. The number of aromatic nitrogens is 4. The quantitative estimate of drug-likeness (QED) is 0.849. The lowest BCUT2D eigenvalue weighted by molar-refractivity contribution is 0.550. The molecule has 0 radical (unpaired) electrons. The van der Waals surface area contributed by atoms with Crippen molar-refractivity contribution < 1.29 is 0 Å². The van der Waals surface area contributed by atoms with E-state index in [1.54, 1.807) is 11.0 Å². The standard InChI is InChI=1S/C13H19N5/c1-3-4-11(2)7-15-12-5-6-13(16-8-12)18-10-14-9-17-18/h5-6,8-11,15H,3-4,7H2,1-2H3. The van der Waals surface area contributed by atoms with E-state index in [1.165, 1.54) is 19.2 Å². The number of hydrogen-bond acceptors (Lipinski definition) is 4. The van der Waals surface area contributed by atoms with Crippen LogP contribution in [-0.4, -0.2) is 26.3 Å². The minimum Gasteiger partial charge on any atom is -0.384 e. The Hall–Kier alpha value is -1.91. The Labute approximate surface area is 107 Å². The molecule has 2 aromatic heterocycles. The molecule has 96 valence electrons. The van der Waals surface area contributed by atoms with Crippen molar-refractivity contribution in [1.82, 2.24) is 19.7 Å². The van der Waals surface area contributed by atoms with Gasteiger partial charge in [0, 0.05) is 6.54 Å². The van der Waals surface area contributed by atoms with Crippen LogP contribution in [0.15, 0.2) is 31.0 Å². The molecule has 0 aliphatic rings. The fourth-order valence-electron chi connectivity index (χ4n) is 1.84. The van der Waals surface area contributed by atoms with Crippen molar-refractivity contribution in [3.63, 3.8) is 0 Å². The summed E-state index contributed by atoms with van der Waals surface area (Å²) < 4.78 is 1.64. The lowest BCUT2D eigenvalue weighted by Gasteiger charge is -2.12. The van der Waals surface area contributed by atoms with Gasteiger partial charge in [0.25, 0.3) is 0 Å². The zero-order valence-corrected chi connectivity index (χ0v) is 10.9. The largest absolute Gasteiger partial charge is 0.384 e. The van der Waals surface area contributed by atoms with Gasteiger partial charge in [0.1, 0.15) is 12.7 Å². The molecule has 0 fully saturated rings. The van der Waals surface area contributed by atoms with Crippen LogP contribution in [-0.2, 0) is 0 Å². The molecule has 5 heteroatoms. The van der Waals surface area contributed by atoms with Crippen molar-refractivity contribution in [2.24, 2.45) is 5.92 Å². The molecule has 1 atom stereocenters. The second kappa shape index (κ2) is 6.14. The topological polar surface area (TPSA) is 55.6 Å². The maximum atomic E-state index is 4.34. The fourth-order valence-corrected chi connectivity index (χ4v) is 1.84. The van der Waals surface area contributed by atoms with Crippen LogP contribution in [0.2, 0.25) is 0 Å². The number of anilines is 1. The third kappa shape index (κ3) is 3.29. The molecule has 0 spiro atoms. The predicted octanol–water partition coefficient (Wildman–Crippen LogP) is 2.51. The third-order valence-electron chi connectivity index (χ3n) is 2.84. The van der Waals surface area contributed by atoms with Gasteiger partial charge in [0.2, 0.25) is 0 Å². The van der Waals surface area contributed by atoms with Gasteiger partial charge in [0.15, 0.2) is 5.82 Å². The highest BCUT2D eigenvalue weighted by Gasteiger charge is 2.02. The van der Waals surface area contributed by atoms with Crippen LogP contribution in [0.25, 0.3) is 5.82 Å². The maximum Gasteiger partial charge on any atom is 0.155 e. The van der Waals surface area contributed by atoms with Crippen molar-refractivity contribution in [3.05, 3.63) is 31.0 Å². The molecule has 2 rings (SSSR count). The molecule has 1 unspecified atom stereocenters. The number of nitrogens with zero attached hydrogens (tertiary/aromatic N) is 4. The lowest BCUT2D eigenvalue weighted by atomic mass is 10.1. The molecule has 5 nitrogen and oxygen atoms in total. The molecule has 0 saturated carbocycles. The van der Waals surface area contributed by atoms with E-state index < -0.39 is 0 Å². The summed E-state index contributed by atoms with van der Waals surface area (Å²) in [6.45, 7) is 5.46. The first-order chi connectivity index (χ1) is 8.79. The van der Waals surface area contributed by atoms with E-state index in [9.17, 15) is 0 Å². The van der Waals surface area contributed by atoms with Gasteiger partial charge >= 0.3 is 0 Å². The van der Waals surface area contributed by atoms with Gasteiger partial charge in [-0.3, -0.25) is 0 Å². The second-order valence-electron chi connectivity index (χ2n) is 4.52. The molecule has 18 heavy (non-hydrogen) atoms. The van der Waals surface area contributed by atoms with E-state index in [4.69, 9.17) is 0 Å². The molecule has 0 bridgehead atoms. The molecule has 0 aliphatic carbocycles.